The van der Waals surface area contributed by atoms with E-state index in [1.807, 2.05) is 18.2 Å². The Bertz CT molecular complexity index is 547. The van der Waals surface area contributed by atoms with E-state index in [9.17, 15) is 9.59 Å². The molecule has 0 fully saturated rings. The summed E-state index contributed by atoms with van der Waals surface area (Å²) in [6.45, 7) is 1.19. The van der Waals surface area contributed by atoms with Crippen LogP contribution >= 0.6 is 0 Å². The first-order valence-corrected chi connectivity index (χ1v) is 5.97. The van der Waals surface area contributed by atoms with Crippen LogP contribution in [-0.4, -0.2) is 35.8 Å². The summed E-state index contributed by atoms with van der Waals surface area (Å²) >= 11 is 0. The maximum atomic E-state index is 11.9. The molecule has 0 amide bonds. The molecule has 2 N–H and O–H groups in total. The highest BCUT2D eigenvalue weighted by molar-refractivity contribution is 6.40. The minimum absolute atomic E-state index is 0.0626. The molecule has 5 heteroatoms. The number of carboxylic acid groups (broad SMARTS) is 1. The fraction of sp³-hybridized carbons (Fsp3) is 0.214. The maximum absolute atomic E-state index is 11.9. The number of hydrogen-bond acceptors (Lipinski definition) is 4. The van der Waals surface area contributed by atoms with Gasteiger partial charge in [-0.15, -0.1) is 0 Å². The highest BCUT2D eigenvalue weighted by Crippen LogP contribution is 2.11. The zero-order chi connectivity index (χ0) is 13.7. The van der Waals surface area contributed by atoms with Gasteiger partial charge in [0.1, 0.15) is 0 Å². The summed E-state index contributed by atoms with van der Waals surface area (Å²) in [7, 11) is 0. The van der Waals surface area contributed by atoms with Crippen LogP contribution in [0.1, 0.15) is 12.0 Å². The second-order valence-corrected chi connectivity index (χ2v) is 4.14. The van der Waals surface area contributed by atoms with Gasteiger partial charge in [0.15, 0.2) is 5.84 Å². The second-order valence-electron chi connectivity index (χ2n) is 4.14. The van der Waals surface area contributed by atoms with Gasteiger partial charge in [-0.2, -0.15) is 0 Å². The van der Waals surface area contributed by atoms with E-state index in [1.54, 1.807) is 12.1 Å². The summed E-state index contributed by atoms with van der Waals surface area (Å²) in [5.74, 6) is -1.10. The van der Waals surface area contributed by atoms with Gasteiger partial charge in [0.2, 0.25) is 5.78 Å². The third-order valence-electron chi connectivity index (χ3n) is 2.70. The van der Waals surface area contributed by atoms with E-state index in [2.05, 4.69) is 10.3 Å². The van der Waals surface area contributed by atoms with Crippen LogP contribution in [0.15, 0.2) is 40.9 Å². The summed E-state index contributed by atoms with van der Waals surface area (Å²) < 4.78 is 0. The van der Waals surface area contributed by atoms with Crippen LogP contribution in [0.25, 0.3) is 6.08 Å². The number of Topliss-reactive ketones (excluding diaryl/α,β-unsaturated/α-hetero) is 1. The fourth-order valence-electron chi connectivity index (χ4n) is 1.78. The Morgan fingerprint density at radius 3 is 2.63 bits per heavy atom. The molecule has 0 radical (unpaired) electrons. The van der Waals surface area contributed by atoms with Crippen LogP contribution in [0, 0.1) is 0 Å². The summed E-state index contributed by atoms with van der Waals surface area (Å²) in [4.78, 5) is 27.0. The number of benzene rings is 1. The lowest BCUT2D eigenvalue weighted by atomic mass is 10.1. The second kappa shape index (κ2) is 5.95. The molecule has 0 bridgehead atoms. The Labute approximate surface area is 110 Å². The smallest absolute Gasteiger partial charge is 0.332 e. The number of hydrogen-bond donors (Lipinski definition) is 2. The topological polar surface area (TPSA) is 78.8 Å². The molecule has 1 heterocycles. The zero-order valence-corrected chi connectivity index (χ0v) is 10.3. The first kappa shape index (κ1) is 13.0. The van der Waals surface area contributed by atoms with Gasteiger partial charge in [-0.1, -0.05) is 30.3 Å². The van der Waals surface area contributed by atoms with Crippen molar-refractivity contribution in [1.29, 1.82) is 0 Å². The van der Waals surface area contributed by atoms with Gasteiger partial charge in [-0.05, 0) is 11.6 Å². The van der Waals surface area contributed by atoms with Crippen LogP contribution < -0.4 is 5.32 Å². The predicted molar refractivity (Wildman–Crippen MR) is 72.0 cm³/mol. The first-order valence-electron chi connectivity index (χ1n) is 5.97. The van der Waals surface area contributed by atoms with Crippen LogP contribution in [0.5, 0.6) is 0 Å². The molecule has 0 saturated heterocycles. The number of aliphatic carboxylic acids is 1. The molecule has 0 unspecified atom stereocenters. The average molecular weight is 258 g/mol. The molecule has 0 saturated carbocycles. The van der Waals surface area contributed by atoms with Crippen LogP contribution in [0.2, 0.25) is 0 Å². The van der Waals surface area contributed by atoms with Gasteiger partial charge < -0.3 is 10.4 Å². The fourth-order valence-corrected chi connectivity index (χ4v) is 1.78. The number of rotatable bonds is 5. The van der Waals surface area contributed by atoms with E-state index in [1.165, 1.54) is 6.08 Å². The largest absolute Gasteiger partial charge is 0.478 e. The van der Waals surface area contributed by atoms with Crippen molar-refractivity contribution in [3.05, 3.63) is 41.5 Å². The van der Waals surface area contributed by atoms with E-state index in [-0.39, 0.29) is 23.6 Å². The minimum atomic E-state index is -1.09. The summed E-state index contributed by atoms with van der Waals surface area (Å²) in [5.41, 5.74) is 0.821. The molecule has 0 aromatic heterocycles. The van der Waals surface area contributed by atoms with Crippen molar-refractivity contribution in [2.45, 2.75) is 6.42 Å². The highest BCUT2D eigenvalue weighted by Gasteiger charge is 2.19. The molecular formula is C14H14N2O3. The number of nitrogens with one attached hydrogen (secondary N) is 1. The Morgan fingerprint density at radius 2 is 2.05 bits per heavy atom. The van der Waals surface area contributed by atoms with Crippen molar-refractivity contribution in [2.24, 2.45) is 4.99 Å². The normalized spacial score (nSPS) is 14.7. The molecule has 98 valence electrons. The predicted octanol–water partition coefficient (Wildman–Crippen LogP) is 1.12. The van der Waals surface area contributed by atoms with E-state index in [4.69, 9.17) is 5.11 Å². The van der Waals surface area contributed by atoms with Gasteiger partial charge in [0.25, 0.3) is 0 Å². The van der Waals surface area contributed by atoms with E-state index in [0.717, 1.165) is 5.56 Å². The Morgan fingerprint density at radius 1 is 1.32 bits per heavy atom. The van der Waals surface area contributed by atoms with Crippen LogP contribution in [0.4, 0.5) is 0 Å². The van der Waals surface area contributed by atoms with E-state index >= 15 is 0 Å². The van der Waals surface area contributed by atoms with Gasteiger partial charge in [-0.25, -0.2) is 4.79 Å². The number of carbonyl (C=O) groups excluding carboxylic acids is 1. The summed E-state index contributed by atoms with van der Waals surface area (Å²) in [5, 5.41) is 12.0. The molecule has 2 rings (SSSR count). The zero-order valence-electron chi connectivity index (χ0n) is 10.3. The molecule has 1 aromatic carbocycles. The average Bonchev–Trinajstić information content (AvgIpc) is 2.93. The third-order valence-corrected chi connectivity index (χ3v) is 2.70. The molecule has 19 heavy (non-hydrogen) atoms. The molecule has 1 aliphatic heterocycles. The van der Waals surface area contributed by atoms with Crippen molar-refractivity contribution >= 4 is 23.7 Å². The molecule has 0 aliphatic carbocycles. The quantitative estimate of drug-likeness (QED) is 0.776. The number of aliphatic imine (C=N–C) groups is 1. The summed E-state index contributed by atoms with van der Waals surface area (Å²) in [6, 6.07) is 9.06. The van der Waals surface area contributed by atoms with Gasteiger partial charge >= 0.3 is 5.97 Å². The van der Waals surface area contributed by atoms with E-state index < -0.39 is 5.97 Å². The highest BCUT2D eigenvalue weighted by atomic mass is 16.4. The lowest BCUT2D eigenvalue weighted by Gasteiger charge is -2.03. The Balaban J connectivity index is 2.15. The third kappa shape index (κ3) is 3.51. The summed E-state index contributed by atoms with van der Waals surface area (Å²) in [6.07, 6.45) is 1.35. The molecule has 5 nitrogen and oxygen atoms in total. The standard InChI is InChI=1S/C14H14N2O3/c17-12(13-15-6-7-16-13)9-11(14(18)19)8-10-4-2-1-3-5-10/h1-5,8H,6-7,9H2,(H,15,16)(H,18,19). The van der Waals surface area contributed by atoms with Crippen molar-refractivity contribution < 1.29 is 14.7 Å². The van der Waals surface area contributed by atoms with Crippen molar-refractivity contribution in [3.8, 4) is 0 Å². The van der Waals surface area contributed by atoms with Crippen molar-refractivity contribution in [2.75, 3.05) is 13.1 Å². The van der Waals surface area contributed by atoms with E-state index in [0.29, 0.717) is 13.1 Å². The van der Waals surface area contributed by atoms with Gasteiger partial charge in [0, 0.05) is 18.5 Å². The van der Waals surface area contributed by atoms with Crippen LogP contribution in [-0.2, 0) is 9.59 Å². The van der Waals surface area contributed by atoms with Crippen LogP contribution in [0.3, 0.4) is 0 Å². The minimum Gasteiger partial charge on any atom is -0.478 e. The number of ketones is 1. The van der Waals surface area contributed by atoms with Crippen molar-refractivity contribution in [1.82, 2.24) is 5.32 Å². The van der Waals surface area contributed by atoms with Gasteiger partial charge in [0.05, 0.1) is 6.54 Å². The SMILES string of the molecule is O=C(O)C(=Cc1ccccc1)CC(=O)C1=NCCN1. The molecular weight excluding hydrogens is 244 g/mol. The lowest BCUT2D eigenvalue weighted by Crippen LogP contribution is -2.28. The first-order chi connectivity index (χ1) is 9.16. The molecule has 0 spiro atoms. The Kier molecular flexibility index (Phi) is 4.07. The number of carbonyl (C=O) groups is 2. The number of carboxylic acids is 1. The van der Waals surface area contributed by atoms with Crippen molar-refractivity contribution in [3.63, 3.8) is 0 Å². The molecule has 1 aliphatic rings. The molecule has 0 atom stereocenters. The number of nitrogens with zero attached hydrogens (tertiary/aromatic N) is 1. The lowest BCUT2D eigenvalue weighted by molar-refractivity contribution is -0.133. The Hall–Kier alpha value is -2.43. The molecule has 1 aromatic rings. The number of amidine groups is 1. The monoisotopic (exact) mass is 258 g/mol. The van der Waals surface area contributed by atoms with Gasteiger partial charge in [-0.3, -0.25) is 9.79 Å². The maximum Gasteiger partial charge on any atom is 0.332 e.